The molecule has 2 aliphatic heterocycles. The van der Waals surface area contributed by atoms with Gasteiger partial charge in [-0.05, 0) is 30.2 Å². The Morgan fingerprint density at radius 2 is 1.91 bits per heavy atom. The van der Waals surface area contributed by atoms with Crippen molar-refractivity contribution in [3.05, 3.63) is 51.3 Å². The van der Waals surface area contributed by atoms with Gasteiger partial charge in [-0.1, -0.05) is 0 Å². The first kappa shape index (κ1) is 13.6. The van der Waals surface area contributed by atoms with Gasteiger partial charge in [0.15, 0.2) is 0 Å². The van der Waals surface area contributed by atoms with Gasteiger partial charge in [-0.3, -0.25) is 24.3 Å². The number of benzene rings is 1. The van der Waals surface area contributed by atoms with Gasteiger partial charge in [0.05, 0.1) is 16.8 Å². The quantitative estimate of drug-likeness (QED) is 0.738. The summed E-state index contributed by atoms with van der Waals surface area (Å²) >= 11 is 0. The molecule has 0 unspecified atom stereocenters. The fourth-order valence-corrected chi connectivity index (χ4v) is 3.24. The Morgan fingerprint density at radius 3 is 2.70 bits per heavy atom. The van der Waals surface area contributed by atoms with Crippen molar-refractivity contribution in [1.82, 2.24) is 9.88 Å². The molecule has 0 bridgehead atoms. The largest absolute Gasteiger partial charge is 0.384 e. The van der Waals surface area contributed by atoms with Gasteiger partial charge in [0.2, 0.25) is 0 Å². The molecule has 1 aromatic heterocycles. The number of aromatic nitrogens is 1. The topological polar surface area (TPSA) is 97.4 Å². The molecule has 116 valence electrons. The smallest absolute Gasteiger partial charge is 0.262 e. The highest BCUT2D eigenvalue weighted by atomic mass is 16.2. The van der Waals surface area contributed by atoms with E-state index in [1.54, 1.807) is 6.07 Å². The number of anilines is 2. The Labute approximate surface area is 131 Å². The third-order valence-corrected chi connectivity index (χ3v) is 4.40. The van der Waals surface area contributed by atoms with Crippen molar-refractivity contribution in [2.24, 2.45) is 0 Å². The van der Waals surface area contributed by atoms with E-state index in [2.05, 4.69) is 10.2 Å². The number of fused-ring (bicyclic) bond motifs is 2. The third-order valence-electron chi connectivity index (χ3n) is 4.40. The summed E-state index contributed by atoms with van der Waals surface area (Å²) in [6.45, 7) is 0.921. The van der Waals surface area contributed by atoms with Crippen LogP contribution < -0.4 is 21.5 Å². The van der Waals surface area contributed by atoms with Crippen LogP contribution in [0, 0.1) is 0 Å². The summed E-state index contributed by atoms with van der Waals surface area (Å²) in [5, 5.41) is 2.16. The lowest BCUT2D eigenvalue weighted by Crippen LogP contribution is -2.24. The second-order valence-corrected chi connectivity index (χ2v) is 5.76. The minimum atomic E-state index is -0.587. The van der Waals surface area contributed by atoms with Gasteiger partial charge in [-0.25, -0.2) is 0 Å². The van der Waals surface area contributed by atoms with Crippen LogP contribution in [0.25, 0.3) is 5.69 Å². The highest BCUT2D eigenvalue weighted by Crippen LogP contribution is 2.30. The summed E-state index contributed by atoms with van der Waals surface area (Å²) in [4.78, 5) is 38.1. The number of hydrogen-bond donors (Lipinski definition) is 2. The molecule has 0 atom stereocenters. The first-order valence-electron chi connectivity index (χ1n) is 7.23. The third kappa shape index (κ3) is 1.79. The average molecular weight is 310 g/mol. The van der Waals surface area contributed by atoms with E-state index in [9.17, 15) is 14.4 Å². The summed E-state index contributed by atoms with van der Waals surface area (Å²) in [6.07, 6.45) is 0.887. The maximum absolute atomic E-state index is 12.4. The lowest BCUT2D eigenvalue weighted by atomic mass is 10.1. The first-order valence-corrected chi connectivity index (χ1v) is 7.23. The Kier molecular flexibility index (Phi) is 2.63. The lowest BCUT2D eigenvalue weighted by Gasteiger charge is -2.15. The molecular formula is C16H14N4O3. The number of nitrogens with two attached hydrogens (primary N) is 1. The van der Waals surface area contributed by atoms with Gasteiger partial charge in [-0.15, -0.1) is 0 Å². The number of likely N-dealkylation sites (N-methyl/N-ethyl adjacent to an activating group) is 1. The van der Waals surface area contributed by atoms with E-state index in [1.807, 2.05) is 19.2 Å². The summed E-state index contributed by atoms with van der Waals surface area (Å²) in [7, 11) is 2.01. The minimum Gasteiger partial charge on any atom is -0.384 e. The number of amides is 2. The first-order chi connectivity index (χ1) is 11.0. The minimum absolute atomic E-state index is 0.0119. The number of carbonyl (C=O) groups excluding carboxylic acids is 2. The van der Waals surface area contributed by atoms with E-state index in [0.717, 1.165) is 30.3 Å². The molecule has 3 N–H and O–H groups in total. The van der Waals surface area contributed by atoms with Gasteiger partial charge < -0.3 is 10.6 Å². The fourth-order valence-electron chi connectivity index (χ4n) is 3.24. The van der Waals surface area contributed by atoms with E-state index >= 15 is 0 Å². The molecule has 2 amide bonds. The lowest BCUT2D eigenvalue weighted by molar-refractivity contribution is 0.0880. The molecule has 3 heterocycles. The molecule has 23 heavy (non-hydrogen) atoms. The molecule has 0 aliphatic carbocycles. The van der Waals surface area contributed by atoms with Gasteiger partial charge in [0, 0.05) is 25.3 Å². The molecule has 0 saturated carbocycles. The zero-order chi connectivity index (χ0) is 16.3. The van der Waals surface area contributed by atoms with Crippen molar-refractivity contribution in [2.45, 2.75) is 6.42 Å². The number of imide groups is 1. The number of hydrogen-bond acceptors (Lipinski definition) is 5. The van der Waals surface area contributed by atoms with E-state index in [-0.39, 0.29) is 16.9 Å². The molecule has 0 saturated heterocycles. The number of nitrogens with zero attached hydrogens (tertiary/aromatic N) is 2. The molecule has 0 radical (unpaired) electrons. The van der Waals surface area contributed by atoms with Gasteiger partial charge >= 0.3 is 0 Å². The van der Waals surface area contributed by atoms with Crippen LogP contribution in [0.2, 0.25) is 0 Å². The fraction of sp³-hybridized carbons (Fsp3) is 0.188. The van der Waals surface area contributed by atoms with Crippen LogP contribution in [-0.2, 0) is 6.42 Å². The highest BCUT2D eigenvalue weighted by Gasteiger charge is 2.32. The molecule has 4 rings (SSSR count). The van der Waals surface area contributed by atoms with Crippen molar-refractivity contribution in [2.75, 3.05) is 24.2 Å². The predicted octanol–water partition coefficient (Wildman–Crippen LogP) is 0.296. The van der Waals surface area contributed by atoms with Crippen LogP contribution in [0.15, 0.2) is 29.1 Å². The average Bonchev–Trinajstić information content (AvgIpc) is 3.00. The molecule has 1 aromatic carbocycles. The number of pyridine rings is 1. The van der Waals surface area contributed by atoms with Crippen LogP contribution in [0.1, 0.15) is 26.3 Å². The molecule has 0 spiro atoms. The van der Waals surface area contributed by atoms with Crippen LogP contribution in [0.5, 0.6) is 0 Å². The predicted molar refractivity (Wildman–Crippen MR) is 85.2 cm³/mol. The van der Waals surface area contributed by atoms with E-state index in [4.69, 9.17) is 5.73 Å². The molecule has 0 fully saturated rings. The summed E-state index contributed by atoms with van der Waals surface area (Å²) in [5.74, 6) is -1.17. The molecule has 2 aliphatic rings. The summed E-state index contributed by atoms with van der Waals surface area (Å²) in [6, 6.07) is 6.78. The zero-order valence-corrected chi connectivity index (χ0v) is 12.4. The maximum atomic E-state index is 12.4. The Hall–Kier alpha value is -3.09. The molecular weight excluding hydrogens is 296 g/mol. The van der Waals surface area contributed by atoms with Crippen LogP contribution in [0.4, 0.5) is 11.5 Å². The van der Waals surface area contributed by atoms with Gasteiger partial charge in [-0.2, -0.15) is 0 Å². The van der Waals surface area contributed by atoms with Crippen molar-refractivity contribution in [1.29, 1.82) is 0 Å². The van der Waals surface area contributed by atoms with Crippen molar-refractivity contribution < 1.29 is 9.59 Å². The van der Waals surface area contributed by atoms with Crippen molar-refractivity contribution in [3.63, 3.8) is 0 Å². The second kappa shape index (κ2) is 4.45. The number of nitrogens with one attached hydrogen (secondary N) is 1. The van der Waals surface area contributed by atoms with E-state index in [0.29, 0.717) is 5.69 Å². The monoisotopic (exact) mass is 310 g/mol. The van der Waals surface area contributed by atoms with E-state index in [1.165, 1.54) is 4.57 Å². The van der Waals surface area contributed by atoms with Gasteiger partial charge in [0.25, 0.3) is 17.4 Å². The number of rotatable bonds is 1. The van der Waals surface area contributed by atoms with Crippen LogP contribution >= 0.6 is 0 Å². The van der Waals surface area contributed by atoms with Gasteiger partial charge in [0.1, 0.15) is 5.82 Å². The molecule has 7 nitrogen and oxygen atoms in total. The Balaban J connectivity index is 1.95. The van der Waals surface area contributed by atoms with E-state index < -0.39 is 17.4 Å². The number of carbonyl (C=O) groups is 2. The standard InChI is InChI=1S/C16H14N4O3/c1-19-5-4-8-6-9(2-3-11(8)19)20-12(21)7-10-13(14(20)17)16(23)18-15(10)22/h2-3,6-7H,4-5,17H2,1H3,(H,18,22,23). The normalized spacial score (nSPS) is 15.6. The maximum Gasteiger partial charge on any atom is 0.262 e. The molecule has 2 aromatic rings. The summed E-state index contributed by atoms with van der Waals surface area (Å²) in [5.41, 5.74) is 8.53. The van der Waals surface area contributed by atoms with Crippen LogP contribution in [0.3, 0.4) is 0 Å². The zero-order valence-electron chi connectivity index (χ0n) is 12.4. The van der Waals surface area contributed by atoms with Crippen molar-refractivity contribution in [3.8, 4) is 5.69 Å². The summed E-state index contributed by atoms with van der Waals surface area (Å²) < 4.78 is 1.27. The van der Waals surface area contributed by atoms with Crippen molar-refractivity contribution >= 4 is 23.3 Å². The molecule has 7 heteroatoms. The highest BCUT2D eigenvalue weighted by molar-refractivity contribution is 6.23. The Bertz CT molecular complexity index is 945. The SMILES string of the molecule is CN1CCc2cc(-n3c(N)c4c(cc3=O)C(=O)NC4=O)ccc21. The Morgan fingerprint density at radius 1 is 1.13 bits per heavy atom. The second-order valence-electron chi connectivity index (χ2n) is 5.76. The number of nitrogen functional groups attached to an aromatic ring is 1. The van der Waals surface area contributed by atoms with Crippen LogP contribution in [-0.4, -0.2) is 30.0 Å².